The van der Waals surface area contributed by atoms with Crippen molar-refractivity contribution in [3.05, 3.63) is 17.7 Å². The van der Waals surface area contributed by atoms with Crippen LogP contribution in [-0.2, 0) is 26.4 Å². The predicted octanol–water partition coefficient (Wildman–Crippen LogP) is 1.58. The van der Waals surface area contributed by atoms with Gasteiger partial charge in [-0.05, 0) is 32.1 Å². The molecular formula is C20H27N5O3. The minimum absolute atomic E-state index is 0.0141. The standard InChI is InChI=1S/C20H27N5O3/c1-2-14-11-16(28-23-14)19(27)24-9-6-20(7-10-24)17-15(21-12-22-17)5-8-25(20)18(26)13-3-4-13/h12-13,16H,2-11H2,1H3,(H,21,22). The molecule has 2 amide bonds. The molecule has 3 aliphatic heterocycles. The fourth-order valence-electron chi connectivity index (χ4n) is 4.93. The molecule has 1 aromatic rings. The Kier molecular flexibility index (Phi) is 4.17. The van der Waals surface area contributed by atoms with Crippen LogP contribution in [0.3, 0.4) is 0 Å². The summed E-state index contributed by atoms with van der Waals surface area (Å²) in [5.41, 5.74) is 2.71. The molecule has 1 aliphatic carbocycles. The largest absolute Gasteiger partial charge is 0.382 e. The molecule has 0 aromatic carbocycles. The molecule has 0 bridgehead atoms. The molecule has 5 rings (SSSR count). The highest BCUT2D eigenvalue weighted by Crippen LogP contribution is 2.45. The van der Waals surface area contributed by atoms with Gasteiger partial charge >= 0.3 is 0 Å². The first-order valence-electron chi connectivity index (χ1n) is 10.5. The fraction of sp³-hybridized carbons (Fsp3) is 0.700. The van der Waals surface area contributed by atoms with Crippen molar-refractivity contribution in [1.82, 2.24) is 19.8 Å². The molecule has 4 heterocycles. The lowest BCUT2D eigenvalue weighted by molar-refractivity contribution is -0.149. The minimum atomic E-state index is -0.486. The Morgan fingerprint density at radius 2 is 2.04 bits per heavy atom. The highest BCUT2D eigenvalue weighted by molar-refractivity contribution is 5.92. The van der Waals surface area contributed by atoms with E-state index in [1.165, 1.54) is 0 Å². The zero-order valence-corrected chi connectivity index (χ0v) is 16.3. The van der Waals surface area contributed by atoms with Gasteiger partial charge in [-0.2, -0.15) is 0 Å². The summed E-state index contributed by atoms with van der Waals surface area (Å²) >= 11 is 0. The predicted molar refractivity (Wildman–Crippen MR) is 101 cm³/mol. The number of nitrogens with one attached hydrogen (secondary N) is 1. The SMILES string of the molecule is CCC1=NOC(C(=O)N2CCC3(CC2)c2nc[nH]c2CCN3C(=O)C2CC2)C1. The molecule has 1 spiro atoms. The van der Waals surface area contributed by atoms with Crippen molar-refractivity contribution in [1.29, 1.82) is 0 Å². The Labute approximate surface area is 164 Å². The van der Waals surface area contributed by atoms with Crippen LogP contribution in [0.15, 0.2) is 11.5 Å². The van der Waals surface area contributed by atoms with Gasteiger partial charge in [-0.1, -0.05) is 12.1 Å². The van der Waals surface area contributed by atoms with Gasteiger partial charge in [0, 0.05) is 44.1 Å². The number of carbonyl (C=O) groups is 2. The zero-order valence-electron chi connectivity index (χ0n) is 16.3. The number of amides is 2. The van der Waals surface area contributed by atoms with Crippen molar-refractivity contribution in [2.24, 2.45) is 11.1 Å². The summed E-state index contributed by atoms with van der Waals surface area (Å²) in [5.74, 6) is 0.474. The van der Waals surface area contributed by atoms with Gasteiger partial charge in [0.15, 0.2) is 0 Å². The number of oxime groups is 1. The number of aromatic nitrogens is 2. The Hall–Kier alpha value is -2.38. The van der Waals surface area contributed by atoms with Crippen molar-refractivity contribution in [2.75, 3.05) is 19.6 Å². The van der Waals surface area contributed by atoms with Gasteiger partial charge in [0.1, 0.15) is 0 Å². The molecule has 28 heavy (non-hydrogen) atoms. The normalized spacial score (nSPS) is 26.0. The van der Waals surface area contributed by atoms with E-state index in [0.29, 0.717) is 19.5 Å². The number of hydrogen-bond donors (Lipinski definition) is 1. The molecule has 150 valence electrons. The third kappa shape index (κ3) is 2.72. The van der Waals surface area contributed by atoms with Gasteiger partial charge in [0.2, 0.25) is 12.0 Å². The summed E-state index contributed by atoms with van der Waals surface area (Å²) in [6.07, 6.45) is 6.94. The average Bonchev–Trinajstić information content (AvgIpc) is 3.26. The molecule has 1 saturated carbocycles. The fourth-order valence-corrected chi connectivity index (χ4v) is 4.93. The van der Waals surface area contributed by atoms with E-state index in [4.69, 9.17) is 4.84 Å². The quantitative estimate of drug-likeness (QED) is 0.855. The second-order valence-electron chi connectivity index (χ2n) is 8.41. The number of fused-ring (bicyclic) bond motifs is 2. The van der Waals surface area contributed by atoms with E-state index in [1.54, 1.807) is 6.33 Å². The van der Waals surface area contributed by atoms with Crippen LogP contribution in [-0.4, -0.2) is 63.0 Å². The first-order chi connectivity index (χ1) is 13.6. The molecule has 0 radical (unpaired) electrons. The number of carbonyl (C=O) groups excluding carboxylic acids is 2. The maximum absolute atomic E-state index is 13.0. The zero-order chi connectivity index (χ0) is 19.3. The van der Waals surface area contributed by atoms with Crippen LogP contribution in [0.1, 0.15) is 56.8 Å². The van der Waals surface area contributed by atoms with E-state index in [0.717, 1.165) is 62.2 Å². The molecule has 1 atom stereocenters. The van der Waals surface area contributed by atoms with Crippen molar-refractivity contribution in [3.63, 3.8) is 0 Å². The van der Waals surface area contributed by atoms with Gasteiger partial charge in [-0.25, -0.2) is 4.98 Å². The number of imidazole rings is 1. The summed E-state index contributed by atoms with van der Waals surface area (Å²) in [4.78, 5) is 43.1. The summed E-state index contributed by atoms with van der Waals surface area (Å²) in [6.45, 7) is 3.98. The number of hydrogen-bond acceptors (Lipinski definition) is 5. The van der Waals surface area contributed by atoms with Gasteiger partial charge in [-0.15, -0.1) is 0 Å². The topological polar surface area (TPSA) is 90.9 Å². The second-order valence-corrected chi connectivity index (χ2v) is 8.41. The Balaban J connectivity index is 1.34. The maximum Gasteiger partial charge on any atom is 0.266 e. The molecule has 4 aliphatic rings. The lowest BCUT2D eigenvalue weighted by atomic mass is 9.78. The van der Waals surface area contributed by atoms with Crippen LogP contribution in [0.25, 0.3) is 0 Å². The van der Waals surface area contributed by atoms with E-state index < -0.39 is 6.10 Å². The summed E-state index contributed by atoms with van der Waals surface area (Å²) in [6, 6.07) is 0. The molecule has 8 heteroatoms. The lowest BCUT2D eigenvalue weighted by Crippen LogP contribution is -2.59. The number of aromatic amines is 1. The maximum atomic E-state index is 13.0. The second kappa shape index (κ2) is 6.60. The Morgan fingerprint density at radius 3 is 2.71 bits per heavy atom. The number of likely N-dealkylation sites (tertiary alicyclic amines) is 1. The van der Waals surface area contributed by atoms with E-state index in [-0.39, 0.29) is 23.3 Å². The Bertz CT molecular complexity index is 820. The van der Waals surface area contributed by atoms with E-state index in [1.807, 2.05) is 11.8 Å². The highest BCUT2D eigenvalue weighted by Gasteiger charge is 2.51. The number of nitrogens with zero attached hydrogens (tertiary/aromatic N) is 4. The summed E-state index contributed by atoms with van der Waals surface area (Å²) in [5, 5.41) is 4.02. The van der Waals surface area contributed by atoms with Gasteiger partial charge in [0.25, 0.3) is 5.91 Å². The number of piperidine rings is 1. The third-order valence-electron chi connectivity index (χ3n) is 6.77. The van der Waals surface area contributed by atoms with Crippen molar-refractivity contribution >= 4 is 17.5 Å². The van der Waals surface area contributed by atoms with E-state index in [2.05, 4.69) is 20.0 Å². The Morgan fingerprint density at radius 1 is 1.25 bits per heavy atom. The van der Waals surface area contributed by atoms with Crippen LogP contribution in [0.5, 0.6) is 0 Å². The highest BCUT2D eigenvalue weighted by atomic mass is 16.6. The van der Waals surface area contributed by atoms with E-state index >= 15 is 0 Å². The summed E-state index contributed by atoms with van der Waals surface area (Å²) < 4.78 is 0. The average molecular weight is 385 g/mol. The molecular weight excluding hydrogens is 358 g/mol. The first kappa shape index (κ1) is 17.7. The van der Waals surface area contributed by atoms with Crippen molar-refractivity contribution in [3.8, 4) is 0 Å². The molecule has 2 fully saturated rings. The number of rotatable bonds is 3. The third-order valence-corrected chi connectivity index (χ3v) is 6.77. The minimum Gasteiger partial charge on any atom is -0.382 e. The van der Waals surface area contributed by atoms with Crippen molar-refractivity contribution < 1.29 is 14.4 Å². The van der Waals surface area contributed by atoms with E-state index in [9.17, 15) is 9.59 Å². The van der Waals surface area contributed by atoms with Crippen LogP contribution in [0, 0.1) is 5.92 Å². The molecule has 1 saturated heterocycles. The number of H-pyrrole nitrogens is 1. The van der Waals surface area contributed by atoms with Crippen LogP contribution in [0.2, 0.25) is 0 Å². The lowest BCUT2D eigenvalue weighted by Gasteiger charge is -2.50. The monoisotopic (exact) mass is 385 g/mol. The molecule has 1 unspecified atom stereocenters. The first-order valence-corrected chi connectivity index (χ1v) is 10.5. The van der Waals surface area contributed by atoms with Gasteiger partial charge in [0.05, 0.1) is 23.3 Å². The smallest absolute Gasteiger partial charge is 0.266 e. The van der Waals surface area contributed by atoms with Gasteiger partial charge < -0.3 is 19.6 Å². The van der Waals surface area contributed by atoms with Crippen LogP contribution in [0.4, 0.5) is 0 Å². The van der Waals surface area contributed by atoms with Crippen LogP contribution < -0.4 is 0 Å². The summed E-state index contributed by atoms with van der Waals surface area (Å²) in [7, 11) is 0. The van der Waals surface area contributed by atoms with Crippen molar-refractivity contribution in [2.45, 2.75) is 63.5 Å². The molecule has 1 N–H and O–H groups in total. The van der Waals surface area contributed by atoms with Crippen LogP contribution >= 0.6 is 0 Å². The molecule has 1 aromatic heterocycles. The van der Waals surface area contributed by atoms with Gasteiger partial charge in [-0.3, -0.25) is 9.59 Å². The molecule has 8 nitrogen and oxygen atoms in total.